The first-order chi connectivity index (χ1) is 18.5. The summed E-state index contributed by atoms with van der Waals surface area (Å²) in [7, 11) is 0. The molecule has 0 amide bonds. The number of benzene rings is 4. The molecule has 4 rings (SSSR count). The molecular weight excluding hydrogens is 532 g/mol. The fourth-order valence-corrected chi connectivity index (χ4v) is 4.05. The molecule has 0 saturated heterocycles. The van der Waals surface area contributed by atoms with E-state index >= 15 is 4.39 Å². The summed E-state index contributed by atoms with van der Waals surface area (Å²) in [6, 6.07) is 9.89. The lowest BCUT2D eigenvalue weighted by molar-refractivity contribution is -0.187. The number of aryl methyl sites for hydroxylation is 1. The molecule has 4 aromatic rings. The van der Waals surface area contributed by atoms with Crippen molar-refractivity contribution in [3.8, 4) is 11.5 Å². The van der Waals surface area contributed by atoms with Gasteiger partial charge in [0.2, 0.25) is 0 Å². The second kappa shape index (κ2) is 11.5. The second-order valence-corrected chi connectivity index (χ2v) is 8.90. The summed E-state index contributed by atoms with van der Waals surface area (Å²) in [5.41, 5.74) is -0.707. The molecule has 2 nitrogen and oxygen atoms in total. The van der Waals surface area contributed by atoms with Crippen LogP contribution in [0.1, 0.15) is 42.9 Å². The third-order valence-corrected chi connectivity index (χ3v) is 6.10. The van der Waals surface area contributed by atoms with Crippen molar-refractivity contribution in [2.75, 3.05) is 0 Å². The fraction of sp³-hybridized carbons (Fsp3) is 0.241. The Morgan fingerprint density at radius 2 is 1.36 bits per heavy atom. The Bertz CT molecular complexity index is 1460. The van der Waals surface area contributed by atoms with E-state index in [0.29, 0.717) is 11.8 Å². The minimum Gasteiger partial charge on any atom is -0.489 e. The maximum Gasteiger partial charge on any atom is 0.429 e. The highest BCUT2D eigenvalue weighted by Gasteiger charge is 2.39. The van der Waals surface area contributed by atoms with Crippen molar-refractivity contribution in [1.29, 1.82) is 0 Å². The molecule has 39 heavy (non-hydrogen) atoms. The van der Waals surface area contributed by atoms with E-state index in [4.69, 9.17) is 4.74 Å². The van der Waals surface area contributed by atoms with E-state index in [0.717, 1.165) is 43.4 Å². The summed E-state index contributed by atoms with van der Waals surface area (Å²) in [6.45, 7) is 1.68. The van der Waals surface area contributed by atoms with Crippen LogP contribution in [0.15, 0.2) is 54.6 Å². The summed E-state index contributed by atoms with van der Waals surface area (Å²) in [5, 5.41) is -1.32. The van der Waals surface area contributed by atoms with Gasteiger partial charge in [-0.3, -0.25) is 0 Å². The highest BCUT2D eigenvalue weighted by molar-refractivity contribution is 5.85. The van der Waals surface area contributed by atoms with Gasteiger partial charge in [-0.05, 0) is 48.1 Å². The topological polar surface area (TPSA) is 18.5 Å². The fourth-order valence-electron chi connectivity index (χ4n) is 4.05. The quantitative estimate of drug-likeness (QED) is 0.111. The zero-order chi connectivity index (χ0) is 28.3. The molecule has 0 aliphatic heterocycles. The number of unbranched alkanes of at least 4 members (excludes halogenated alkanes) is 2. The van der Waals surface area contributed by atoms with Gasteiger partial charge in [-0.1, -0.05) is 38.0 Å². The third-order valence-electron chi connectivity index (χ3n) is 6.10. The Hall–Kier alpha value is -3.82. The minimum absolute atomic E-state index is 0.137. The molecule has 0 spiro atoms. The standard InChI is InChI=1S/C29H22F8O2/c1-2-3-4-5-16-6-9-19(10-7-16)38-15-18-12-17-8-11-21(26(33)24(17)28(35)25(18)32)29(36,37)39-20-13-22(30)27(34)23(31)14-20/h6-14H,2-5,15H2,1H3. The van der Waals surface area contributed by atoms with E-state index in [1.54, 1.807) is 12.1 Å². The molecule has 0 aliphatic rings. The molecule has 0 aromatic heterocycles. The summed E-state index contributed by atoms with van der Waals surface area (Å²) >= 11 is 0. The summed E-state index contributed by atoms with van der Waals surface area (Å²) < 4.78 is 124. The van der Waals surface area contributed by atoms with Gasteiger partial charge in [-0.2, -0.15) is 8.78 Å². The molecule has 0 radical (unpaired) electrons. The molecule has 0 unspecified atom stereocenters. The van der Waals surface area contributed by atoms with Crippen molar-refractivity contribution in [2.24, 2.45) is 0 Å². The Morgan fingerprint density at radius 1 is 0.692 bits per heavy atom. The predicted molar refractivity (Wildman–Crippen MR) is 129 cm³/mol. The van der Waals surface area contributed by atoms with E-state index in [9.17, 15) is 30.7 Å². The van der Waals surface area contributed by atoms with Gasteiger partial charge in [0, 0.05) is 17.7 Å². The molecular formula is C29H22F8O2. The summed E-state index contributed by atoms with van der Waals surface area (Å²) in [6.07, 6.45) is -0.449. The third kappa shape index (κ3) is 6.10. The minimum atomic E-state index is -4.58. The van der Waals surface area contributed by atoms with Crippen molar-refractivity contribution in [3.05, 3.63) is 106 Å². The molecule has 0 aliphatic carbocycles. The van der Waals surface area contributed by atoms with Crippen LogP contribution in [-0.2, 0) is 19.1 Å². The summed E-state index contributed by atoms with van der Waals surface area (Å²) in [5.74, 6) is -11.4. The molecule has 0 fully saturated rings. The van der Waals surface area contributed by atoms with Gasteiger partial charge < -0.3 is 9.47 Å². The Balaban J connectivity index is 1.57. The van der Waals surface area contributed by atoms with Gasteiger partial charge in [0.25, 0.3) is 0 Å². The summed E-state index contributed by atoms with van der Waals surface area (Å²) in [4.78, 5) is 0. The molecule has 0 heterocycles. The molecule has 0 bridgehead atoms. The SMILES string of the molecule is CCCCCc1ccc(OCc2cc3ccc(C(F)(F)Oc4cc(F)c(F)c(F)c4)c(F)c3c(F)c2F)cc1. The van der Waals surface area contributed by atoms with Crippen LogP contribution in [0.3, 0.4) is 0 Å². The van der Waals surface area contributed by atoms with Crippen LogP contribution in [0, 0.1) is 34.9 Å². The van der Waals surface area contributed by atoms with Crippen LogP contribution >= 0.6 is 0 Å². The first-order valence-electron chi connectivity index (χ1n) is 12.0. The largest absolute Gasteiger partial charge is 0.489 e. The van der Waals surface area contributed by atoms with Crippen LogP contribution in [0.2, 0.25) is 0 Å². The van der Waals surface area contributed by atoms with Crippen LogP contribution in [0.25, 0.3) is 10.8 Å². The van der Waals surface area contributed by atoms with Gasteiger partial charge in [-0.25, -0.2) is 26.3 Å². The maximum atomic E-state index is 15.1. The van der Waals surface area contributed by atoms with E-state index in [-0.39, 0.29) is 23.1 Å². The van der Waals surface area contributed by atoms with E-state index in [2.05, 4.69) is 11.7 Å². The number of hydrogen-bond donors (Lipinski definition) is 0. The molecule has 0 saturated carbocycles. The average molecular weight is 554 g/mol. The van der Waals surface area contributed by atoms with Crippen molar-refractivity contribution >= 4 is 10.8 Å². The number of fused-ring (bicyclic) bond motifs is 1. The highest BCUT2D eigenvalue weighted by atomic mass is 19.3. The highest BCUT2D eigenvalue weighted by Crippen LogP contribution is 2.38. The van der Waals surface area contributed by atoms with Crippen LogP contribution in [0.4, 0.5) is 35.1 Å². The average Bonchev–Trinajstić information content (AvgIpc) is 2.89. The van der Waals surface area contributed by atoms with Gasteiger partial charge in [0.1, 0.15) is 29.5 Å². The lowest BCUT2D eigenvalue weighted by Crippen LogP contribution is -2.24. The number of hydrogen-bond acceptors (Lipinski definition) is 2. The number of rotatable bonds is 10. The maximum absolute atomic E-state index is 15.1. The Kier molecular flexibility index (Phi) is 8.32. The Labute approximate surface area is 218 Å². The van der Waals surface area contributed by atoms with Crippen LogP contribution < -0.4 is 9.47 Å². The van der Waals surface area contributed by atoms with Crippen molar-refractivity contribution in [3.63, 3.8) is 0 Å². The van der Waals surface area contributed by atoms with Crippen LogP contribution in [-0.4, -0.2) is 0 Å². The first-order valence-corrected chi connectivity index (χ1v) is 12.0. The molecule has 0 N–H and O–H groups in total. The molecule has 206 valence electrons. The van der Waals surface area contributed by atoms with Crippen molar-refractivity contribution in [2.45, 2.75) is 45.3 Å². The first kappa shape index (κ1) is 28.2. The van der Waals surface area contributed by atoms with Crippen LogP contribution in [0.5, 0.6) is 11.5 Å². The van der Waals surface area contributed by atoms with Gasteiger partial charge in [0.15, 0.2) is 29.1 Å². The molecule has 0 atom stereocenters. The van der Waals surface area contributed by atoms with Gasteiger partial charge >= 0.3 is 6.11 Å². The monoisotopic (exact) mass is 554 g/mol. The zero-order valence-corrected chi connectivity index (χ0v) is 20.6. The Morgan fingerprint density at radius 3 is 2.00 bits per heavy atom. The van der Waals surface area contributed by atoms with E-state index in [1.807, 2.05) is 12.1 Å². The lowest BCUT2D eigenvalue weighted by atomic mass is 10.0. The zero-order valence-electron chi connectivity index (χ0n) is 20.6. The number of alkyl halides is 2. The molecule has 4 aromatic carbocycles. The molecule has 10 heteroatoms. The van der Waals surface area contributed by atoms with Crippen molar-refractivity contribution < 1.29 is 44.6 Å². The lowest BCUT2D eigenvalue weighted by Gasteiger charge is -2.20. The number of halogens is 8. The second-order valence-electron chi connectivity index (χ2n) is 8.90. The normalized spacial score (nSPS) is 11.7. The van der Waals surface area contributed by atoms with Gasteiger partial charge in [-0.15, -0.1) is 0 Å². The van der Waals surface area contributed by atoms with Crippen molar-refractivity contribution in [1.82, 2.24) is 0 Å². The number of ether oxygens (including phenoxy) is 2. The van der Waals surface area contributed by atoms with E-state index in [1.165, 1.54) is 0 Å². The van der Waals surface area contributed by atoms with Gasteiger partial charge in [0.05, 0.1) is 5.39 Å². The smallest absolute Gasteiger partial charge is 0.429 e. The predicted octanol–water partition coefficient (Wildman–Crippen LogP) is 9.11. The van der Waals surface area contributed by atoms with E-state index < -0.39 is 64.3 Å².